The molecule has 0 bridgehead atoms. The number of hydrogen-bond donors (Lipinski definition) is 1. The third kappa shape index (κ3) is 3.63. The average molecular weight is 407 g/mol. The van der Waals surface area contributed by atoms with Gasteiger partial charge in [0, 0.05) is 6.54 Å². The maximum Gasteiger partial charge on any atom is 0.256 e. The quantitative estimate of drug-likeness (QED) is 0.827. The van der Waals surface area contributed by atoms with Crippen molar-refractivity contribution in [3.8, 4) is 5.75 Å². The van der Waals surface area contributed by atoms with Crippen molar-refractivity contribution >= 4 is 29.1 Å². The summed E-state index contributed by atoms with van der Waals surface area (Å²) < 4.78 is 5.56. The highest BCUT2D eigenvalue weighted by atomic mass is 16.5. The van der Waals surface area contributed by atoms with Gasteiger partial charge in [-0.25, -0.2) is 0 Å². The van der Waals surface area contributed by atoms with E-state index in [2.05, 4.69) is 5.32 Å². The minimum Gasteiger partial charge on any atom is -0.492 e. The fourth-order valence-corrected chi connectivity index (χ4v) is 4.12. The predicted octanol–water partition coefficient (Wildman–Crippen LogP) is 2.98. The number of hydrogen-bond acceptors (Lipinski definition) is 4. The van der Waals surface area contributed by atoms with Gasteiger partial charge in [-0.3, -0.25) is 14.4 Å². The minimum atomic E-state index is -0.520. The molecule has 2 heterocycles. The number of rotatable bonds is 5. The lowest BCUT2D eigenvalue weighted by molar-refractivity contribution is -0.124. The lowest BCUT2D eigenvalue weighted by atomic mass is 10.1. The Bertz CT molecular complexity index is 1000. The van der Waals surface area contributed by atoms with Gasteiger partial charge in [-0.1, -0.05) is 23.8 Å². The van der Waals surface area contributed by atoms with Crippen molar-refractivity contribution in [1.29, 1.82) is 0 Å². The molecule has 1 fully saturated rings. The monoisotopic (exact) mass is 407 g/mol. The number of benzene rings is 2. The third-order valence-corrected chi connectivity index (χ3v) is 5.50. The summed E-state index contributed by atoms with van der Waals surface area (Å²) >= 11 is 0. The highest BCUT2D eigenvalue weighted by Crippen LogP contribution is 2.33. The molecule has 156 valence electrons. The molecule has 1 atom stereocenters. The van der Waals surface area contributed by atoms with E-state index >= 15 is 0 Å². The Morgan fingerprint density at radius 2 is 2.00 bits per heavy atom. The SMILES string of the molecule is CCOc1ccccc1NC(=O)CN1C(=O)C2CCCN2C(=O)c2cc(C)ccc21. The molecule has 4 rings (SSSR count). The van der Waals surface area contributed by atoms with Gasteiger partial charge < -0.3 is 19.9 Å². The van der Waals surface area contributed by atoms with Crippen LogP contribution in [0.3, 0.4) is 0 Å². The molecule has 0 aliphatic carbocycles. The van der Waals surface area contributed by atoms with Gasteiger partial charge in [0.05, 0.1) is 23.5 Å². The van der Waals surface area contributed by atoms with Crippen molar-refractivity contribution in [3.63, 3.8) is 0 Å². The third-order valence-electron chi connectivity index (χ3n) is 5.50. The van der Waals surface area contributed by atoms with E-state index in [1.54, 1.807) is 29.2 Å². The molecule has 1 saturated heterocycles. The van der Waals surface area contributed by atoms with E-state index < -0.39 is 6.04 Å². The maximum absolute atomic E-state index is 13.3. The number of amides is 3. The summed E-state index contributed by atoms with van der Waals surface area (Å²) in [5.74, 6) is -0.129. The number of fused-ring (bicyclic) bond motifs is 2. The molecule has 0 radical (unpaired) electrons. The Labute approximate surface area is 175 Å². The number of nitrogens with zero attached hydrogens (tertiary/aromatic N) is 2. The summed E-state index contributed by atoms with van der Waals surface area (Å²) in [6.45, 7) is 4.64. The van der Waals surface area contributed by atoms with Gasteiger partial charge in [-0.2, -0.15) is 0 Å². The normalized spacial score (nSPS) is 18.0. The number of carbonyl (C=O) groups is 3. The van der Waals surface area contributed by atoms with Gasteiger partial charge in [0.1, 0.15) is 18.3 Å². The molecular formula is C23H25N3O4. The van der Waals surface area contributed by atoms with Crippen molar-refractivity contribution in [2.45, 2.75) is 32.7 Å². The van der Waals surface area contributed by atoms with Crippen molar-refractivity contribution in [2.24, 2.45) is 0 Å². The van der Waals surface area contributed by atoms with Crippen LogP contribution in [0.1, 0.15) is 35.7 Å². The number of para-hydroxylation sites is 2. The number of aryl methyl sites for hydroxylation is 1. The minimum absolute atomic E-state index is 0.144. The Morgan fingerprint density at radius 3 is 2.80 bits per heavy atom. The van der Waals surface area contributed by atoms with Crippen LogP contribution in [-0.2, 0) is 9.59 Å². The van der Waals surface area contributed by atoms with Crippen molar-refractivity contribution < 1.29 is 19.1 Å². The predicted molar refractivity (Wildman–Crippen MR) is 114 cm³/mol. The summed E-state index contributed by atoms with van der Waals surface area (Å²) in [5.41, 5.74) is 2.44. The Balaban J connectivity index is 1.64. The van der Waals surface area contributed by atoms with Crippen molar-refractivity contribution in [1.82, 2.24) is 4.90 Å². The van der Waals surface area contributed by atoms with Gasteiger partial charge in [0.25, 0.3) is 5.91 Å². The summed E-state index contributed by atoms with van der Waals surface area (Å²) in [6, 6.07) is 12.1. The molecule has 0 aromatic heterocycles. The first kappa shape index (κ1) is 19.9. The zero-order valence-electron chi connectivity index (χ0n) is 17.2. The molecule has 1 unspecified atom stereocenters. The molecule has 2 aliphatic heterocycles. The van der Waals surface area contributed by atoms with Crippen molar-refractivity contribution in [2.75, 3.05) is 29.9 Å². The Kier molecular flexibility index (Phi) is 5.44. The number of carbonyl (C=O) groups excluding carboxylic acids is 3. The second-order valence-corrected chi connectivity index (χ2v) is 7.58. The van der Waals surface area contributed by atoms with Gasteiger partial charge >= 0.3 is 0 Å². The van der Waals surface area contributed by atoms with E-state index in [1.165, 1.54) is 4.90 Å². The standard InChI is InChI=1S/C23H25N3O4/c1-3-30-20-9-5-4-7-17(20)24-21(27)14-26-18-11-10-15(2)13-16(18)22(28)25-12-6-8-19(25)23(26)29/h4-5,7,9-11,13,19H,3,6,8,12,14H2,1-2H3,(H,24,27). The highest BCUT2D eigenvalue weighted by molar-refractivity contribution is 6.13. The summed E-state index contributed by atoms with van der Waals surface area (Å²) in [4.78, 5) is 42.4. The first-order valence-electron chi connectivity index (χ1n) is 10.2. The molecule has 2 aromatic rings. The van der Waals surface area contributed by atoms with Gasteiger partial charge in [-0.15, -0.1) is 0 Å². The summed E-state index contributed by atoms with van der Waals surface area (Å²) in [7, 11) is 0. The zero-order valence-corrected chi connectivity index (χ0v) is 17.2. The number of ether oxygens (including phenoxy) is 1. The van der Waals surface area contributed by atoms with Gasteiger partial charge in [-0.05, 0) is 51.0 Å². The maximum atomic E-state index is 13.3. The van der Waals surface area contributed by atoms with Crippen molar-refractivity contribution in [3.05, 3.63) is 53.6 Å². The molecule has 2 aromatic carbocycles. The molecule has 7 heteroatoms. The summed E-state index contributed by atoms with van der Waals surface area (Å²) in [6.07, 6.45) is 1.40. The van der Waals surface area contributed by atoms with E-state index in [4.69, 9.17) is 4.74 Å². The van der Waals surface area contributed by atoms with E-state index in [-0.39, 0.29) is 24.3 Å². The van der Waals surface area contributed by atoms with Crippen LogP contribution in [0.5, 0.6) is 5.75 Å². The van der Waals surface area contributed by atoms with Crippen LogP contribution in [0.2, 0.25) is 0 Å². The first-order valence-corrected chi connectivity index (χ1v) is 10.2. The largest absolute Gasteiger partial charge is 0.492 e. The summed E-state index contributed by atoms with van der Waals surface area (Å²) in [5, 5.41) is 2.84. The van der Waals surface area contributed by atoms with Crippen LogP contribution >= 0.6 is 0 Å². The van der Waals surface area contributed by atoms with Crippen LogP contribution < -0.4 is 15.0 Å². The lowest BCUT2D eigenvalue weighted by Crippen LogP contribution is -2.47. The molecule has 1 N–H and O–H groups in total. The zero-order chi connectivity index (χ0) is 21.3. The highest BCUT2D eigenvalue weighted by Gasteiger charge is 2.42. The van der Waals surface area contributed by atoms with E-state index in [1.807, 2.05) is 32.0 Å². The van der Waals surface area contributed by atoms with E-state index in [0.29, 0.717) is 42.3 Å². The molecule has 0 saturated carbocycles. The Morgan fingerprint density at radius 1 is 1.20 bits per heavy atom. The van der Waals surface area contributed by atoms with Crippen LogP contribution in [0.4, 0.5) is 11.4 Å². The lowest BCUT2D eigenvalue weighted by Gasteiger charge is -2.25. The number of anilines is 2. The molecule has 2 aliphatic rings. The topological polar surface area (TPSA) is 79.0 Å². The molecule has 3 amide bonds. The van der Waals surface area contributed by atoms with Gasteiger partial charge in [0.15, 0.2) is 0 Å². The van der Waals surface area contributed by atoms with Crippen LogP contribution in [0.15, 0.2) is 42.5 Å². The molecular weight excluding hydrogens is 382 g/mol. The van der Waals surface area contributed by atoms with Crippen LogP contribution in [0, 0.1) is 6.92 Å². The fraction of sp³-hybridized carbons (Fsp3) is 0.348. The van der Waals surface area contributed by atoms with Gasteiger partial charge in [0.2, 0.25) is 11.8 Å². The van der Waals surface area contributed by atoms with E-state index in [9.17, 15) is 14.4 Å². The fourth-order valence-electron chi connectivity index (χ4n) is 4.12. The molecule has 30 heavy (non-hydrogen) atoms. The second kappa shape index (κ2) is 8.18. The van der Waals surface area contributed by atoms with Crippen LogP contribution in [-0.4, -0.2) is 48.4 Å². The average Bonchev–Trinajstić information content (AvgIpc) is 3.20. The van der Waals surface area contributed by atoms with E-state index in [0.717, 1.165) is 12.0 Å². The smallest absolute Gasteiger partial charge is 0.256 e. The number of nitrogens with one attached hydrogen (secondary N) is 1. The molecule has 0 spiro atoms. The Hall–Kier alpha value is -3.35. The van der Waals surface area contributed by atoms with Crippen LogP contribution in [0.25, 0.3) is 0 Å². The first-order chi connectivity index (χ1) is 14.5. The second-order valence-electron chi connectivity index (χ2n) is 7.58. The molecule has 7 nitrogen and oxygen atoms in total.